The first-order valence-electron chi connectivity index (χ1n) is 12.7. The van der Waals surface area contributed by atoms with Crippen LogP contribution in [-0.4, -0.2) is 54.2 Å². The SMILES string of the molecule is O=C(c1ccc(Cl)c(Cl)c1)N1C[C@@H](CN2CCC(CCSc3ccccc3)CC2)[C@H](c2ccsc2)C1. The molecule has 0 aliphatic carbocycles. The van der Waals surface area contributed by atoms with Crippen molar-refractivity contribution in [2.75, 3.05) is 38.5 Å². The quantitative estimate of drug-likeness (QED) is 0.263. The summed E-state index contributed by atoms with van der Waals surface area (Å²) in [5.41, 5.74) is 1.98. The topological polar surface area (TPSA) is 23.6 Å². The fourth-order valence-corrected chi connectivity index (χ4v) is 7.61. The van der Waals surface area contributed by atoms with Crippen LogP contribution in [0.15, 0.2) is 70.3 Å². The van der Waals surface area contributed by atoms with Crippen molar-refractivity contribution >= 4 is 52.2 Å². The molecule has 190 valence electrons. The van der Waals surface area contributed by atoms with Crippen molar-refractivity contribution in [1.29, 1.82) is 0 Å². The van der Waals surface area contributed by atoms with E-state index in [1.54, 1.807) is 29.5 Å². The lowest BCUT2D eigenvalue weighted by Crippen LogP contribution is -2.39. The highest BCUT2D eigenvalue weighted by molar-refractivity contribution is 7.99. The minimum Gasteiger partial charge on any atom is -0.338 e. The molecule has 2 fully saturated rings. The number of thioether (sulfide) groups is 1. The first kappa shape index (κ1) is 26.1. The third kappa shape index (κ3) is 6.49. The molecule has 5 rings (SSSR count). The molecule has 7 heteroatoms. The van der Waals surface area contributed by atoms with Gasteiger partial charge in [-0.2, -0.15) is 11.3 Å². The summed E-state index contributed by atoms with van der Waals surface area (Å²) in [5.74, 6) is 2.88. The molecule has 36 heavy (non-hydrogen) atoms. The minimum absolute atomic E-state index is 0.0471. The number of likely N-dealkylation sites (tertiary alicyclic amines) is 2. The largest absolute Gasteiger partial charge is 0.338 e. The van der Waals surface area contributed by atoms with Crippen molar-refractivity contribution < 1.29 is 4.79 Å². The van der Waals surface area contributed by atoms with Gasteiger partial charge in [0, 0.05) is 36.0 Å². The number of benzene rings is 2. The normalized spacial score (nSPS) is 21.2. The molecule has 3 heterocycles. The van der Waals surface area contributed by atoms with Gasteiger partial charge in [0.2, 0.25) is 0 Å². The molecule has 0 spiro atoms. The predicted molar refractivity (Wildman–Crippen MR) is 154 cm³/mol. The number of thiophene rings is 1. The molecule has 0 unspecified atom stereocenters. The molecule has 3 nitrogen and oxygen atoms in total. The number of halogens is 2. The summed E-state index contributed by atoms with van der Waals surface area (Å²) in [5, 5.41) is 5.30. The number of carbonyl (C=O) groups is 1. The summed E-state index contributed by atoms with van der Waals surface area (Å²) >= 11 is 16.0. The van der Waals surface area contributed by atoms with Crippen molar-refractivity contribution in [3.05, 3.63) is 86.5 Å². The highest BCUT2D eigenvalue weighted by Gasteiger charge is 2.38. The molecule has 2 aromatic carbocycles. The van der Waals surface area contributed by atoms with Gasteiger partial charge in [0.05, 0.1) is 10.0 Å². The van der Waals surface area contributed by atoms with Crippen LogP contribution in [0.2, 0.25) is 10.0 Å². The monoisotopic (exact) mass is 558 g/mol. The number of amides is 1. The number of rotatable bonds is 8. The van der Waals surface area contributed by atoms with Gasteiger partial charge in [-0.05, 0) is 103 Å². The number of piperidine rings is 1. The highest BCUT2D eigenvalue weighted by Crippen LogP contribution is 2.36. The highest BCUT2D eigenvalue weighted by atomic mass is 35.5. The van der Waals surface area contributed by atoms with Crippen molar-refractivity contribution in [2.45, 2.75) is 30.1 Å². The van der Waals surface area contributed by atoms with Gasteiger partial charge >= 0.3 is 0 Å². The van der Waals surface area contributed by atoms with E-state index in [1.807, 2.05) is 16.7 Å². The maximum absolute atomic E-state index is 13.3. The number of hydrogen-bond acceptors (Lipinski definition) is 4. The molecule has 0 radical (unpaired) electrons. The van der Waals surface area contributed by atoms with Crippen LogP contribution >= 0.6 is 46.3 Å². The zero-order valence-electron chi connectivity index (χ0n) is 20.3. The molecule has 3 aromatic rings. The molecule has 2 atom stereocenters. The average Bonchev–Trinajstić information content (AvgIpc) is 3.57. The van der Waals surface area contributed by atoms with Crippen LogP contribution in [0.4, 0.5) is 0 Å². The summed E-state index contributed by atoms with van der Waals surface area (Å²) in [4.78, 5) is 19.3. The van der Waals surface area contributed by atoms with Crippen LogP contribution in [0.3, 0.4) is 0 Å². The van der Waals surface area contributed by atoms with Gasteiger partial charge in [0.15, 0.2) is 0 Å². The zero-order valence-corrected chi connectivity index (χ0v) is 23.5. The molecule has 1 aromatic heterocycles. The summed E-state index contributed by atoms with van der Waals surface area (Å²) in [6, 6.07) is 18.1. The fraction of sp³-hybridized carbons (Fsp3) is 0.414. The lowest BCUT2D eigenvalue weighted by molar-refractivity contribution is 0.0780. The molecule has 2 saturated heterocycles. The van der Waals surface area contributed by atoms with Gasteiger partial charge in [0.1, 0.15) is 0 Å². The summed E-state index contributed by atoms with van der Waals surface area (Å²) in [7, 11) is 0. The van der Waals surface area contributed by atoms with E-state index >= 15 is 0 Å². The van der Waals surface area contributed by atoms with E-state index in [1.165, 1.54) is 35.5 Å². The minimum atomic E-state index is 0.0471. The van der Waals surface area contributed by atoms with E-state index in [2.05, 4.69) is 52.1 Å². The summed E-state index contributed by atoms with van der Waals surface area (Å²) < 4.78 is 0. The molecule has 0 bridgehead atoms. The third-order valence-electron chi connectivity index (χ3n) is 7.60. The van der Waals surface area contributed by atoms with E-state index in [0.717, 1.165) is 38.6 Å². The van der Waals surface area contributed by atoms with Gasteiger partial charge in [-0.1, -0.05) is 41.4 Å². The van der Waals surface area contributed by atoms with Crippen LogP contribution in [0.5, 0.6) is 0 Å². The number of carbonyl (C=O) groups excluding carboxylic acids is 1. The summed E-state index contributed by atoms with van der Waals surface area (Å²) in [6.45, 7) is 4.92. The molecular weight excluding hydrogens is 527 g/mol. The molecule has 2 aliphatic rings. The second-order valence-electron chi connectivity index (χ2n) is 9.96. The molecule has 1 amide bonds. The Morgan fingerprint density at radius 3 is 2.53 bits per heavy atom. The number of nitrogens with zero attached hydrogens (tertiary/aromatic N) is 2. The average molecular weight is 560 g/mol. The van der Waals surface area contributed by atoms with Crippen molar-refractivity contribution in [3.8, 4) is 0 Å². The van der Waals surface area contributed by atoms with E-state index < -0.39 is 0 Å². The van der Waals surface area contributed by atoms with Gasteiger partial charge < -0.3 is 9.80 Å². The standard InChI is InChI=1S/C29H32Cl2N2OS2/c30-27-7-6-22(16-28(27)31)29(34)33-18-24(26(19-33)23-11-14-35-20-23)17-32-12-8-21(9-13-32)10-15-36-25-4-2-1-3-5-25/h1-7,11,14,16,20-21,24,26H,8-10,12-13,15,17-19H2/t24-,26+/m1/s1. The first-order chi connectivity index (χ1) is 17.6. The van der Waals surface area contributed by atoms with E-state index in [-0.39, 0.29) is 5.91 Å². The second kappa shape index (κ2) is 12.4. The van der Waals surface area contributed by atoms with E-state index in [9.17, 15) is 4.79 Å². The van der Waals surface area contributed by atoms with Crippen LogP contribution in [0.25, 0.3) is 0 Å². The lowest BCUT2D eigenvalue weighted by Gasteiger charge is -2.34. The molecular formula is C29H32Cl2N2OS2. The van der Waals surface area contributed by atoms with Gasteiger partial charge in [-0.3, -0.25) is 4.79 Å². The molecule has 0 N–H and O–H groups in total. The molecule has 0 saturated carbocycles. The predicted octanol–water partition coefficient (Wildman–Crippen LogP) is 7.81. The van der Waals surface area contributed by atoms with Crippen LogP contribution < -0.4 is 0 Å². The first-order valence-corrected chi connectivity index (χ1v) is 15.4. The lowest BCUT2D eigenvalue weighted by atomic mass is 9.88. The zero-order chi connectivity index (χ0) is 24.9. The maximum atomic E-state index is 13.3. The Labute approximate surface area is 232 Å². The van der Waals surface area contributed by atoms with Gasteiger partial charge in [0.25, 0.3) is 5.91 Å². The van der Waals surface area contributed by atoms with Crippen LogP contribution in [0, 0.1) is 11.8 Å². The van der Waals surface area contributed by atoms with Crippen molar-refractivity contribution in [2.24, 2.45) is 11.8 Å². The van der Waals surface area contributed by atoms with Crippen LogP contribution in [-0.2, 0) is 0 Å². The van der Waals surface area contributed by atoms with Crippen molar-refractivity contribution in [3.63, 3.8) is 0 Å². The molecule has 2 aliphatic heterocycles. The van der Waals surface area contributed by atoms with Crippen LogP contribution in [0.1, 0.15) is 41.1 Å². The second-order valence-corrected chi connectivity index (χ2v) is 12.7. The van der Waals surface area contributed by atoms with Crippen molar-refractivity contribution in [1.82, 2.24) is 9.80 Å². The van der Waals surface area contributed by atoms with Gasteiger partial charge in [-0.15, -0.1) is 11.8 Å². The Morgan fingerprint density at radius 1 is 1.00 bits per heavy atom. The Balaban J connectivity index is 1.16. The fourth-order valence-electron chi connectivity index (χ4n) is 5.55. The van der Waals surface area contributed by atoms with E-state index in [0.29, 0.717) is 27.4 Å². The third-order valence-corrected chi connectivity index (χ3v) is 10.1. The maximum Gasteiger partial charge on any atom is 0.253 e. The van der Waals surface area contributed by atoms with Gasteiger partial charge in [-0.25, -0.2) is 0 Å². The Morgan fingerprint density at radius 2 is 1.81 bits per heavy atom. The van der Waals surface area contributed by atoms with E-state index in [4.69, 9.17) is 23.2 Å². The summed E-state index contributed by atoms with van der Waals surface area (Å²) in [6.07, 6.45) is 3.84. The Hall–Kier alpha value is -1.50. The smallest absolute Gasteiger partial charge is 0.253 e. The Kier molecular flexibility index (Phi) is 8.97. The number of hydrogen-bond donors (Lipinski definition) is 0. The Bertz CT molecular complexity index is 1130.